The molecule has 2 N–H and O–H groups in total. The lowest BCUT2D eigenvalue weighted by Gasteiger charge is -2.35. The number of hydrogen-bond acceptors (Lipinski definition) is 4. The fraction of sp³-hybridized carbons (Fsp3) is 0.600. The SMILES string of the molecule is C[C@@H](NC(=O)C(=O)NCC1CCN([C@@H]2CCSC2)CC1)c1ccccc1. The van der Waals surface area contributed by atoms with Crippen LogP contribution in [0.3, 0.4) is 0 Å². The van der Waals surface area contributed by atoms with Crippen LogP contribution in [0.4, 0.5) is 0 Å². The molecule has 5 nitrogen and oxygen atoms in total. The molecule has 26 heavy (non-hydrogen) atoms. The topological polar surface area (TPSA) is 61.4 Å². The predicted octanol–water partition coefficient (Wildman–Crippen LogP) is 2.20. The van der Waals surface area contributed by atoms with Gasteiger partial charge in [0.05, 0.1) is 6.04 Å². The first-order chi connectivity index (χ1) is 12.6. The van der Waals surface area contributed by atoms with E-state index < -0.39 is 11.8 Å². The Balaban J connectivity index is 1.36. The quantitative estimate of drug-likeness (QED) is 0.775. The van der Waals surface area contributed by atoms with Gasteiger partial charge in [-0.3, -0.25) is 14.5 Å². The Labute approximate surface area is 160 Å². The molecule has 2 atom stereocenters. The maximum Gasteiger partial charge on any atom is 0.309 e. The smallest absolute Gasteiger partial charge is 0.309 e. The number of nitrogens with one attached hydrogen (secondary N) is 2. The van der Waals surface area contributed by atoms with Crippen LogP contribution in [-0.2, 0) is 9.59 Å². The number of thioether (sulfide) groups is 1. The van der Waals surface area contributed by atoms with Crippen molar-refractivity contribution in [2.24, 2.45) is 5.92 Å². The molecule has 1 aromatic carbocycles. The maximum absolute atomic E-state index is 12.1. The summed E-state index contributed by atoms with van der Waals surface area (Å²) in [4.78, 5) is 26.8. The molecule has 2 saturated heterocycles. The molecule has 0 aliphatic carbocycles. The van der Waals surface area contributed by atoms with Crippen molar-refractivity contribution in [3.8, 4) is 0 Å². The molecule has 0 bridgehead atoms. The fourth-order valence-electron chi connectivity index (χ4n) is 3.74. The summed E-state index contributed by atoms with van der Waals surface area (Å²) in [6.07, 6.45) is 3.51. The van der Waals surface area contributed by atoms with Gasteiger partial charge >= 0.3 is 11.8 Å². The average molecular weight is 376 g/mol. The largest absolute Gasteiger partial charge is 0.348 e. The zero-order chi connectivity index (χ0) is 18.4. The molecule has 1 aromatic rings. The van der Waals surface area contributed by atoms with Crippen molar-refractivity contribution in [2.45, 2.75) is 38.3 Å². The minimum absolute atomic E-state index is 0.179. The predicted molar refractivity (Wildman–Crippen MR) is 106 cm³/mol. The van der Waals surface area contributed by atoms with Gasteiger partial charge < -0.3 is 10.6 Å². The minimum atomic E-state index is -0.554. The second-order valence-electron chi connectivity index (χ2n) is 7.31. The summed E-state index contributed by atoms with van der Waals surface area (Å²) >= 11 is 2.05. The third-order valence-corrected chi connectivity index (χ3v) is 6.62. The molecule has 0 unspecified atom stereocenters. The van der Waals surface area contributed by atoms with E-state index in [0.29, 0.717) is 12.5 Å². The molecule has 0 saturated carbocycles. The summed E-state index contributed by atoms with van der Waals surface area (Å²) in [6.45, 7) is 4.71. The van der Waals surface area contributed by atoms with Crippen LogP contribution in [0.5, 0.6) is 0 Å². The Hall–Kier alpha value is -1.53. The third-order valence-electron chi connectivity index (χ3n) is 5.48. The van der Waals surface area contributed by atoms with E-state index in [1.54, 1.807) is 0 Å². The maximum atomic E-state index is 12.1. The lowest BCUT2D eigenvalue weighted by atomic mass is 9.95. The number of likely N-dealkylation sites (tertiary alicyclic amines) is 1. The number of rotatable bonds is 5. The van der Waals surface area contributed by atoms with Crippen molar-refractivity contribution in [3.63, 3.8) is 0 Å². The van der Waals surface area contributed by atoms with Crippen LogP contribution in [0.2, 0.25) is 0 Å². The number of carbonyl (C=O) groups is 2. The van der Waals surface area contributed by atoms with Gasteiger partial charge in [0, 0.05) is 18.3 Å². The average Bonchev–Trinajstić information content (AvgIpc) is 3.22. The normalized spacial score (nSPS) is 22.7. The van der Waals surface area contributed by atoms with Crippen molar-refractivity contribution in [2.75, 3.05) is 31.1 Å². The van der Waals surface area contributed by atoms with Crippen molar-refractivity contribution >= 4 is 23.6 Å². The van der Waals surface area contributed by atoms with E-state index in [4.69, 9.17) is 0 Å². The number of nitrogens with zero attached hydrogens (tertiary/aromatic N) is 1. The molecule has 2 fully saturated rings. The Kier molecular flexibility index (Phi) is 6.97. The molecular weight excluding hydrogens is 346 g/mol. The Morgan fingerprint density at radius 1 is 1.15 bits per heavy atom. The first kappa shape index (κ1) is 19.2. The van der Waals surface area contributed by atoms with Gasteiger partial charge in [0.2, 0.25) is 0 Å². The van der Waals surface area contributed by atoms with Crippen LogP contribution in [0.25, 0.3) is 0 Å². The molecule has 2 aliphatic heterocycles. The Morgan fingerprint density at radius 2 is 1.88 bits per heavy atom. The van der Waals surface area contributed by atoms with Crippen LogP contribution < -0.4 is 10.6 Å². The number of carbonyl (C=O) groups excluding carboxylic acids is 2. The van der Waals surface area contributed by atoms with Crippen molar-refractivity contribution in [1.29, 1.82) is 0 Å². The highest BCUT2D eigenvalue weighted by molar-refractivity contribution is 7.99. The first-order valence-corrected chi connectivity index (χ1v) is 10.7. The van der Waals surface area contributed by atoms with Gasteiger partial charge in [-0.2, -0.15) is 11.8 Å². The molecule has 2 amide bonds. The molecule has 0 aromatic heterocycles. The minimum Gasteiger partial charge on any atom is -0.348 e. The van der Waals surface area contributed by atoms with Crippen molar-refractivity contribution < 1.29 is 9.59 Å². The van der Waals surface area contributed by atoms with Gasteiger partial charge in [0.15, 0.2) is 0 Å². The summed E-state index contributed by atoms with van der Waals surface area (Å²) < 4.78 is 0. The highest BCUT2D eigenvalue weighted by Gasteiger charge is 2.28. The molecular formula is C20H29N3O2S. The molecule has 0 radical (unpaired) electrons. The molecule has 3 rings (SSSR count). The Bertz CT molecular complexity index is 596. The van der Waals surface area contributed by atoms with Crippen LogP contribution in [0, 0.1) is 5.92 Å². The van der Waals surface area contributed by atoms with E-state index >= 15 is 0 Å². The lowest BCUT2D eigenvalue weighted by Crippen LogP contribution is -2.46. The second kappa shape index (κ2) is 9.42. The number of benzene rings is 1. The highest BCUT2D eigenvalue weighted by Crippen LogP contribution is 2.26. The van der Waals surface area contributed by atoms with E-state index in [2.05, 4.69) is 27.3 Å². The van der Waals surface area contributed by atoms with Gasteiger partial charge in [-0.1, -0.05) is 30.3 Å². The summed E-state index contributed by atoms with van der Waals surface area (Å²) in [5, 5.41) is 5.59. The van der Waals surface area contributed by atoms with Gasteiger partial charge in [0.1, 0.15) is 0 Å². The fourth-order valence-corrected chi connectivity index (χ4v) is 4.99. The summed E-state index contributed by atoms with van der Waals surface area (Å²) in [7, 11) is 0. The molecule has 2 heterocycles. The van der Waals surface area contributed by atoms with Crippen molar-refractivity contribution in [1.82, 2.24) is 15.5 Å². The van der Waals surface area contributed by atoms with Crippen LogP contribution in [-0.4, -0.2) is 53.9 Å². The zero-order valence-electron chi connectivity index (χ0n) is 15.4. The highest BCUT2D eigenvalue weighted by atomic mass is 32.2. The number of piperidine rings is 1. The summed E-state index contributed by atoms with van der Waals surface area (Å²) in [5.74, 6) is 1.95. The third kappa shape index (κ3) is 5.24. The van der Waals surface area contributed by atoms with E-state index in [-0.39, 0.29) is 6.04 Å². The van der Waals surface area contributed by atoms with E-state index in [1.807, 2.05) is 37.3 Å². The van der Waals surface area contributed by atoms with Crippen LogP contribution in [0.15, 0.2) is 30.3 Å². The summed E-state index contributed by atoms with van der Waals surface area (Å²) in [5.41, 5.74) is 0.992. The molecule has 142 valence electrons. The Morgan fingerprint density at radius 3 is 2.54 bits per heavy atom. The second-order valence-corrected chi connectivity index (χ2v) is 8.46. The van der Waals surface area contributed by atoms with Crippen LogP contribution >= 0.6 is 11.8 Å². The van der Waals surface area contributed by atoms with Gasteiger partial charge in [-0.25, -0.2) is 0 Å². The van der Waals surface area contributed by atoms with Crippen LogP contribution in [0.1, 0.15) is 37.8 Å². The lowest BCUT2D eigenvalue weighted by molar-refractivity contribution is -0.139. The zero-order valence-corrected chi connectivity index (χ0v) is 16.3. The van der Waals surface area contributed by atoms with E-state index in [1.165, 1.54) is 17.9 Å². The van der Waals surface area contributed by atoms with E-state index in [9.17, 15) is 9.59 Å². The summed E-state index contributed by atoms with van der Waals surface area (Å²) in [6, 6.07) is 10.2. The monoisotopic (exact) mass is 375 g/mol. The molecule has 2 aliphatic rings. The first-order valence-electron chi connectivity index (χ1n) is 9.59. The number of amides is 2. The number of hydrogen-bond donors (Lipinski definition) is 2. The van der Waals surface area contributed by atoms with Gasteiger partial charge in [0.25, 0.3) is 0 Å². The standard InChI is InChI=1S/C20H29N3O2S/c1-15(17-5-3-2-4-6-17)22-20(25)19(24)21-13-16-7-10-23(11-8-16)18-9-12-26-14-18/h2-6,15-16,18H,7-14H2,1H3,(H,21,24)(H,22,25)/t15-,18-/m1/s1. The van der Waals surface area contributed by atoms with Gasteiger partial charge in [-0.05, 0) is 56.5 Å². The van der Waals surface area contributed by atoms with Gasteiger partial charge in [-0.15, -0.1) is 0 Å². The molecule has 6 heteroatoms. The van der Waals surface area contributed by atoms with E-state index in [0.717, 1.165) is 37.5 Å². The molecule has 0 spiro atoms. The van der Waals surface area contributed by atoms with Crippen molar-refractivity contribution in [3.05, 3.63) is 35.9 Å².